The molecule has 1 unspecified atom stereocenters. The van der Waals surface area contributed by atoms with Crippen molar-refractivity contribution in [2.75, 3.05) is 25.2 Å². The molecule has 0 radical (unpaired) electrons. The Morgan fingerprint density at radius 3 is 2.44 bits per heavy atom. The number of ether oxygens (including phenoxy) is 1. The largest absolute Gasteiger partial charge is 0.497 e. The number of piperidine rings is 1. The number of nitrogens with zero attached hydrogens (tertiary/aromatic N) is 3. The molecule has 2 heterocycles. The van der Waals surface area contributed by atoms with Crippen LogP contribution in [-0.4, -0.2) is 42.0 Å². The lowest BCUT2D eigenvalue weighted by molar-refractivity contribution is -1.12. The maximum absolute atomic E-state index is 13.3. The van der Waals surface area contributed by atoms with E-state index in [1.807, 2.05) is 31.2 Å². The second-order valence-corrected chi connectivity index (χ2v) is 8.98. The van der Waals surface area contributed by atoms with E-state index in [1.165, 1.54) is 0 Å². The number of nitrogens with one attached hydrogen (secondary N) is 1. The highest BCUT2D eigenvalue weighted by molar-refractivity contribution is 6.38. The third-order valence-corrected chi connectivity index (χ3v) is 6.63. The van der Waals surface area contributed by atoms with Crippen LogP contribution in [0.1, 0.15) is 37.8 Å². The molecule has 9 heteroatoms. The molecule has 1 fully saturated rings. The number of carbonyl (C=O) groups is 1. The SMILES string of the molecule is COc1ccc([C@H]2[C@@H](C)C(C(=O)[NH+](O)N3CCCCC3)=NN2c2ccc(Cl)cc2Cl)cc1. The molecule has 2 aliphatic rings. The number of carbonyl (C=O) groups excluding carboxylic acids is 1. The van der Waals surface area contributed by atoms with Crippen LogP contribution in [0.4, 0.5) is 5.69 Å². The Bertz CT molecular complexity index is 1010. The van der Waals surface area contributed by atoms with Gasteiger partial charge in [0.2, 0.25) is 0 Å². The minimum Gasteiger partial charge on any atom is -0.497 e. The van der Waals surface area contributed by atoms with Gasteiger partial charge in [-0.05, 0) is 53.9 Å². The number of hydrogen-bond donors (Lipinski definition) is 2. The lowest BCUT2D eigenvalue weighted by Gasteiger charge is -2.28. The van der Waals surface area contributed by atoms with Gasteiger partial charge in [0.05, 0.1) is 37.0 Å². The summed E-state index contributed by atoms with van der Waals surface area (Å²) < 4.78 is 5.29. The Morgan fingerprint density at radius 1 is 1.12 bits per heavy atom. The van der Waals surface area contributed by atoms with Crippen LogP contribution in [-0.2, 0) is 4.79 Å². The zero-order chi connectivity index (χ0) is 22.8. The average Bonchev–Trinajstić information content (AvgIpc) is 3.15. The van der Waals surface area contributed by atoms with Crippen LogP contribution in [0.15, 0.2) is 47.6 Å². The molecule has 0 bridgehead atoms. The number of benzene rings is 2. The number of anilines is 1. The fourth-order valence-electron chi connectivity index (χ4n) is 4.35. The summed E-state index contributed by atoms with van der Waals surface area (Å²) in [6, 6.07) is 12.6. The van der Waals surface area contributed by atoms with E-state index in [1.54, 1.807) is 35.3 Å². The Kier molecular flexibility index (Phi) is 7.02. The summed E-state index contributed by atoms with van der Waals surface area (Å²) in [5, 5.41) is 19.6. The fourth-order valence-corrected chi connectivity index (χ4v) is 4.84. The molecular formula is C23H27Cl2N4O3+. The quantitative estimate of drug-likeness (QED) is 0.506. The third-order valence-electron chi connectivity index (χ3n) is 6.09. The summed E-state index contributed by atoms with van der Waals surface area (Å²) in [6.45, 7) is 3.29. The summed E-state index contributed by atoms with van der Waals surface area (Å²) >= 11 is 12.6. The van der Waals surface area contributed by atoms with Crippen LogP contribution >= 0.6 is 23.2 Å². The molecule has 0 aromatic heterocycles. The first-order valence-corrected chi connectivity index (χ1v) is 11.5. The number of quaternary nitrogens is 1. The Hall–Kier alpha value is -2.16. The summed E-state index contributed by atoms with van der Waals surface area (Å²) in [7, 11) is 1.62. The lowest BCUT2D eigenvalue weighted by Crippen LogP contribution is -3.19. The molecule has 4 rings (SSSR count). The number of amides is 1. The number of rotatable bonds is 5. The van der Waals surface area contributed by atoms with Gasteiger partial charge in [-0.3, -0.25) is 5.01 Å². The normalized spacial score (nSPS) is 22.5. The highest BCUT2D eigenvalue weighted by atomic mass is 35.5. The minimum absolute atomic E-state index is 0.229. The number of halogens is 2. The second kappa shape index (κ2) is 9.77. The van der Waals surface area contributed by atoms with Crippen molar-refractivity contribution in [3.05, 3.63) is 58.1 Å². The van der Waals surface area contributed by atoms with Gasteiger partial charge in [0, 0.05) is 10.9 Å². The summed E-state index contributed by atoms with van der Waals surface area (Å²) in [5.41, 5.74) is 1.90. The van der Waals surface area contributed by atoms with E-state index in [-0.39, 0.29) is 17.1 Å². The molecule has 2 N–H and O–H groups in total. The van der Waals surface area contributed by atoms with E-state index in [0.717, 1.165) is 30.6 Å². The highest BCUT2D eigenvalue weighted by Gasteiger charge is 2.45. The average molecular weight is 478 g/mol. The zero-order valence-electron chi connectivity index (χ0n) is 18.1. The van der Waals surface area contributed by atoms with Gasteiger partial charge in [-0.1, -0.05) is 48.7 Å². The van der Waals surface area contributed by atoms with Crippen LogP contribution in [0, 0.1) is 5.92 Å². The first-order valence-electron chi connectivity index (χ1n) is 10.7. The molecule has 7 nitrogen and oxygen atoms in total. The predicted molar refractivity (Wildman–Crippen MR) is 124 cm³/mol. The third kappa shape index (κ3) is 4.49. The molecule has 32 heavy (non-hydrogen) atoms. The maximum atomic E-state index is 13.3. The molecule has 0 spiro atoms. The minimum atomic E-state index is -0.439. The van der Waals surface area contributed by atoms with Gasteiger partial charge in [-0.15, -0.1) is 5.01 Å². The van der Waals surface area contributed by atoms with Gasteiger partial charge in [-0.2, -0.15) is 10.3 Å². The van der Waals surface area contributed by atoms with Gasteiger partial charge in [-0.25, -0.2) is 4.79 Å². The number of hydrazone groups is 1. The summed E-state index contributed by atoms with van der Waals surface area (Å²) in [6.07, 6.45) is 3.03. The Morgan fingerprint density at radius 2 is 1.81 bits per heavy atom. The van der Waals surface area contributed by atoms with Gasteiger partial charge < -0.3 is 4.74 Å². The Labute approximate surface area is 197 Å². The molecule has 2 aromatic carbocycles. The van der Waals surface area contributed by atoms with Crippen molar-refractivity contribution in [3.63, 3.8) is 0 Å². The van der Waals surface area contributed by atoms with Crippen molar-refractivity contribution < 1.29 is 19.9 Å². The number of hydrogen-bond acceptors (Lipinski definition) is 6. The van der Waals surface area contributed by atoms with Crippen molar-refractivity contribution in [3.8, 4) is 5.75 Å². The summed E-state index contributed by atoms with van der Waals surface area (Å²) in [5.74, 6) is 0.0175. The van der Waals surface area contributed by atoms with E-state index < -0.39 is 5.91 Å². The monoisotopic (exact) mass is 477 g/mol. The number of hydroxylamine groups is 1. The van der Waals surface area contributed by atoms with Crippen molar-refractivity contribution in [2.45, 2.75) is 32.2 Å². The van der Waals surface area contributed by atoms with Gasteiger partial charge in [0.25, 0.3) is 0 Å². The van der Waals surface area contributed by atoms with Gasteiger partial charge >= 0.3 is 5.91 Å². The molecule has 3 atom stereocenters. The fraction of sp³-hybridized carbons (Fsp3) is 0.391. The molecule has 1 saturated heterocycles. The van der Waals surface area contributed by atoms with E-state index in [0.29, 0.717) is 34.5 Å². The van der Waals surface area contributed by atoms with Crippen molar-refractivity contribution in [2.24, 2.45) is 11.0 Å². The second-order valence-electron chi connectivity index (χ2n) is 8.13. The van der Waals surface area contributed by atoms with Crippen LogP contribution < -0.4 is 14.9 Å². The first-order chi connectivity index (χ1) is 15.4. The van der Waals surface area contributed by atoms with Crippen molar-refractivity contribution in [1.29, 1.82) is 0 Å². The number of methoxy groups -OCH3 is 1. The maximum Gasteiger partial charge on any atom is 0.412 e. The first kappa shape index (κ1) is 23.0. The molecule has 0 saturated carbocycles. The molecule has 0 aliphatic carbocycles. The van der Waals surface area contributed by atoms with Crippen LogP contribution in [0.5, 0.6) is 5.75 Å². The van der Waals surface area contributed by atoms with Crippen molar-refractivity contribution >= 4 is 40.5 Å². The molecule has 1 amide bonds. The topological polar surface area (TPSA) is 69.8 Å². The van der Waals surface area contributed by atoms with Crippen LogP contribution in [0.25, 0.3) is 0 Å². The standard InChI is InChI=1S/C23H26Cl2N4O3/c1-15-21(23(30)29(31)27-12-4-3-5-13-27)26-28(20-11-8-17(24)14-19(20)25)22(15)16-6-9-18(32-2)10-7-16/h6-11,14-15,22,31H,3-5,12-13H2,1-2H3/p+1/t15-,22+/m0/s1. The Balaban J connectivity index is 1.71. The van der Waals surface area contributed by atoms with E-state index in [9.17, 15) is 10.0 Å². The summed E-state index contributed by atoms with van der Waals surface area (Å²) in [4.78, 5) is 13.3. The predicted octanol–water partition coefficient (Wildman–Crippen LogP) is 3.76. The van der Waals surface area contributed by atoms with E-state index >= 15 is 0 Å². The molecule has 2 aromatic rings. The molecular weight excluding hydrogens is 451 g/mol. The van der Waals surface area contributed by atoms with E-state index in [2.05, 4.69) is 5.10 Å². The highest BCUT2D eigenvalue weighted by Crippen LogP contribution is 2.42. The molecule has 2 aliphatic heterocycles. The lowest BCUT2D eigenvalue weighted by atomic mass is 9.91. The van der Waals surface area contributed by atoms with Crippen LogP contribution in [0.3, 0.4) is 0 Å². The zero-order valence-corrected chi connectivity index (χ0v) is 19.6. The van der Waals surface area contributed by atoms with Gasteiger partial charge in [0.1, 0.15) is 5.75 Å². The van der Waals surface area contributed by atoms with Crippen LogP contribution in [0.2, 0.25) is 10.0 Å². The van der Waals surface area contributed by atoms with Crippen molar-refractivity contribution in [1.82, 2.24) is 5.01 Å². The van der Waals surface area contributed by atoms with E-state index in [4.69, 9.17) is 27.9 Å². The smallest absolute Gasteiger partial charge is 0.412 e. The van der Waals surface area contributed by atoms with Gasteiger partial charge in [0.15, 0.2) is 5.71 Å². The molecule has 170 valence electrons.